The van der Waals surface area contributed by atoms with Gasteiger partial charge in [-0.15, -0.1) is 5.10 Å². The number of nitrogens with two attached hydrogens (primary N) is 1. The summed E-state index contributed by atoms with van der Waals surface area (Å²) >= 11 is 0. The molecule has 0 spiro atoms. The maximum absolute atomic E-state index is 5.45. The van der Waals surface area contributed by atoms with Gasteiger partial charge in [0.05, 0.1) is 12.7 Å². The summed E-state index contributed by atoms with van der Waals surface area (Å²) in [5.74, 6) is 0.454. The molecular formula is C8H12N6. The topological polar surface area (TPSA) is 74.5 Å². The number of anilines is 1. The lowest BCUT2D eigenvalue weighted by Gasteiger charge is -2.00. The van der Waals surface area contributed by atoms with Gasteiger partial charge in [0.15, 0.2) is 5.82 Å². The largest absolute Gasteiger partial charge is 0.381 e. The predicted octanol–water partition coefficient (Wildman–Crippen LogP) is -0.163. The van der Waals surface area contributed by atoms with Crippen molar-refractivity contribution in [1.29, 1.82) is 0 Å². The lowest BCUT2D eigenvalue weighted by molar-refractivity contribution is 0.524. The molecule has 0 saturated heterocycles. The van der Waals surface area contributed by atoms with Crippen LogP contribution in [0.3, 0.4) is 0 Å². The zero-order chi connectivity index (χ0) is 9.97. The molecule has 0 fully saturated rings. The third-order valence-electron chi connectivity index (χ3n) is 2.04. The van der Waals surface area contributed by atoms with Crippen molar-refractivity contribution in [2.75, 3.05) is 5.73 Å². The number of rotatable bonds is 3. The smallest absolute Gasteiger partial charge is 0.165 e. The molecule has 0 radical (unpaired) electrons. The van der Waals surface area contributed by atoms with Crippen molar-refractivity contribution in [2.24, 2.45) is 7.05 Å². The molecule has 0 saturated carbocycles. The highest BCUT2D eigenvalue weighted by Gasteiger charge is 2.00. The molecule has 0 aliphatic carbocycles. The van der Waals surface area contributed by atoms with Crippen LogP contribution in [0.5, 0.6) is 0 Å². The van der Waals surface area contributed by atoms with Gasteiger partial charge in [0.1, 0.15) is 0 Å². The molecule has 0 bridgehead atoms. The summed E-state index contributed by atoms with van der Waals surface area (Å²) in [7, 11) is 1.92. The molecule has 0 amide bonds. The molecule has 0 aromatic carbocycles. The minimum Gasteiger partial charge on any atom is -0.381 e. The molecule has 2 aromatic heterocycles. The quantitative estimate of drug-likeness (QED) is 0.733. The van der Waals surface area contributed by atoms with Crippen LogP contribution in [0.15, 0.2) is 18.5 Å². The van der Waals surface area contributed by atoms with Gasteiger partial charge in [-0.1, -0.05) is 0 Å². The number of aromatic nitrogens is 5. The van der Waals surface area contributed by atoms with E-state index in [1.54, 1.807) is 17.2 Å². The summed E-state index contributed by atoms with van der Waals surface area (Å²) in [5, 5.41) is 12.1. The Kier molecular flexibility index (Phi) is 2.18. The van der Waals surface area contributed by atoms with Crippen LogP contribution in [0.25, 0.3) is 0 Å². The molecule has 2 aromatic rings. The lowest BCUT2D eigenvalue weighted by Crippen LogP contribution is -2.08. The molecular weight excluding hydrogens is 180 g/mol. The van der Waals surface area contributed by atoms with E-state index in [4.69, 9.17) is 5.73 Å². The van der Waals surface area contributed by atoms with Crippen molar-refractivity contribution in [1.82, 2.24) is 24.8 Å². The first-order valence-electron chi connectivity index (χ1n) is 4.38. The Hall–Kier alpha value is -1.85. The van der Waals surface area contributed by atoms with Gasteiger partial charge in [-0.2, -0.15) is 15.0 Å². The van der Waals surface area contributed by atoms with Crippen LogP contribution in [0.2, 0.25) is 0 Å². The molecule has 6 nitrogen and oxygen atoms in total. The molecule has 0 aliphatic rings. The highest BCUT2D eigenvalue weighted by molar-refractivity contribution is 5.19. The second kappa shape index (κ2) is 3.49. The van der Waals surface area contributed by atoms with E-state index in [9.17, 15) is 0 Å². The molecule has 2 rings (SSSR count). The van der Waals surface area contributed by atoms with Crippen molar-refractivity contribution < 1.29 is 0 Å². The highest BCUT2D eigenvalue weighted by atomic mass is 15.5. The molecule has 2 N–H and O–H groups in total. The Labute approximate surface area is 81.3 Å². The zero-order valence-corrected chi connectivity index (χ0v) is 7.96. The summed E-state index contributed by atoms with van der Waals surface area (Å²) in [4.78, 5) is 1.59. The van der Waals surface area contributed by atoms with Crippen LogP contribution in [-0.2, 0) is 20.0 Å². The maximum Gasteiger partial charge on any atom is 0.165 e. The Morgan fingerprint density at radius 3 is 2.86 bits per heavy atom. The Morgan fingerprint density at radius 2 is 2.29 bits per heavy atom. The van der Waals surface area contributed by atoms with Crippen molar-refractivity contribution in [3.05, 3.63) is 24.2 Å². The van der Waals surface area contributed by atoms with Gasteiger partial charge >= 0.3 is 0 Å². The van der Waals surface area contributed by atoms with Crippen LogP contribution < -0.4 is 5.73 Å². The number of nitrogen functional groups attached to an aromatic ring is 1. The summed E-state index contributed by atoms with van der Waals surface area (Å²) in [6, 6.07) is 1.98. The second-order valence-corrected chi connectivity index (χ2v) is 3.06. The van der Waals surface area contributed by atoms with E-state index in [0.717, 1.165) is 18.7 Å². The molecule has 74 valence electrons. The van der Waals surface area contributed by atoms with E-state index in [1.165, 1.54) is 0 Å². The molecule has 14 heavy (non-hydrogen) atoms. The van der Waals surface area contributed by atoms with Crippen LogP contribution >= 0.6 is 0 Å². The number of hydrogen-bond donors (Lipinski definition) is 1. The molecule has 6 heteroatoms. The third-order valence-corrected chi connectivity index (χ3v) is 2.04. The monoisotopic (exact) mass is 192 g/mol. The second-order valence-electron chi connectivity index (χ2n) is 3.06. The van der Waals surface area contributed by atoms with Crippen molar-refractivity contribution in [3.63, 3.8) is 0 Å². The number of nitrogens with zero attached hydrogens (tertiary/aromatic N) is 5. The summed E-state index contributed by atoms with van der Waals surface area (Å²) in [6.45, 7) is 0.719. The van der Waals surface area contributed by atoms with E-state index >= 15 is 0 Å². The van der Waals surface area contributed by atoms with E-state index in [2.05, 4.69) is 15.3 Å². The Balaban J connectivity index is 1.98. The maximum atomic E-state index is 5.45. The summed E-state index contributed by atoms with van der Waals surface area (Å²) in [6.07, 6.45) is 4.17. The average Bonchev–Trinajstić information content (AvgIpc) is 2.72. The molecule has 0 unspecified atom stereocenters. The lowest BCUT2D eigenvalue weighted by atomic mass is 10.3. The Morgan fingerprint density at radius 1 is 1.43 bits per heavy atom. The van der Waals surface area contributed by atoms with Gasteiger partial charge in [-0.05, 0) is 6.07 Å². The molecule has 0 atom stereocenters. The van der Waals surface area contributed by atoms with E-state index < -0.39 is 0 Å². The number of aryl methyl sites for hydroxylation is 3. The van der Waals surface area contributed by atoms with E-state index in [1.807, 2.05) is 17.8 Å². The van der Waals surface area contributed by atoms with Crippen LogP contribution in [0, 0.1) is 0 Å². The van der Waals surface area contributed by atoms with Crippen LogP contribution in [0.4, 0.5) is 5.82 Å². The number of hydrogen-bond acceptors (Lipinski definition) is 4. The normalized spacial score (nSPS) is 10.6. The van der Waals surface area contributed by atoms with Gasteiger partial charge < -0.3 is 5.73 Å². The fourth-order valence-electron chi connectivity index (χ4n) is 1.28. The fraction of sp³-hybridized carbons (Fsp3) is 0.375. The average molecular weight is 192 g/mol. The molecule has 2 heterocycles. The highest BCUT2D eigenvalue weighted by Crippen LogP contribution is 1.99. The third kappa shape index (κ3) is 1.73. The molecule has 0 aliphatic heterocycles. The van der Waals surface area contributed by atoms with E-state index in [0.29, 0.717) is 5.82 Å². The predicted molar refractivity (Wildman–Crippen MR) is 51.3 cm³/mol. The van der Waals surface area contributed by atoms with Gasteiger partial charge in [0, 0.05) is 25.4 Å². The van der Waals surface area contributed by atoms with Crippen molar-refractivity contribution in [2.45, 2.75) is 13.0 Å². The minimum atomic E-state index is 0.454. The van der Waals surface area contributed by atoms with Crippen molar-refractivity contribution in [3.8, 4) is 0 Å². The SMILES string of the molecule is Cn1nccc1CCn1ncc(N)n1. The van der Waals surface area contributed by atoms with E-state index in [-0.39, 0.29) is 0 Å². The minimum absolute atomic E-state index is 0.454. The van der Waals surface area contributed by atoms with Gasteiger partial charge in [-0.3, -0.25) is 4.68 Å². The van der Waals surface area contributed by atoms with Crippen LogP contribution in [-0.4, -0.2) is 24.8 Å². The van der Waals surface area contributed by atoms with Gasteiger partial charge in [-0.25, -0.2) is 0 Å². The van der Waals surface area contributed by atoms with Crippen LogP contribution in [0.1, 0.15) is 5.69 Å². The summed E-state index contributed by atoms with van der Waals surface area (Å²) < 4.78 is 1.84. The van der Waals surface area contributed by atoms with Crippen molar-refractivity contribution >= 4 is 5.82 Å². The standard InChI is InChI=1S/C8H12N6/c1-13-7(2-4-10-13)3-5-14-11-6-8(9)12-14/h2,4,6H,3,5H2,1H3,(H2,9,12). The van der Waals surface area contributed by atoms with Gasteiger partial charge in [0.25, 0.3) is 0 Å². The summed E-state index contributed by atoms with van der Waals surface area (Å²) in [5.41, 5.74) is 6.60. The first-order chi connectivity index (χ1) is 6.75. The first-order valence-corrected chi connectivity index (χ1v) is 4.38. The Bertz CT molecular complexity index is 415. The zero-order valence-electron chi connectivity index (χ0n) is 7.96. The fourth-order valence-corrected chi connectivity index (χ4v) is 1.28. The first kappa shape index (κ1) is 8.74. The van der Waals surface area contributed by atoms with Gasteiger partial charge in [0.2, 0.25) is 0 Å².